The second kappa shape index (κ2) is 4.73. The minimum atomic E-state index is -0.529. The maximum atomic E-state index is 5.77. The van der Waals surface area contributed by atoms with Crippen LogP contribution in [0.5, 0.6) is 0 Å². The van der Waals surface area contributed by atoms with Gasteiger partial charge < -0.3 is 5.73 Å². The number of halogens is 1. The average molecular weight is 219 g/mol. The van der Waals surface area contributed by atoms with Crippen molar-refractivity contribution >= 4 is 18.2 Å². The summed E-state index contributed by atoms with van der Waals surface area (Å²) in [5.41, 5.74) is 5.77. The summed E-state index contributed by atoms with van der Waals surface area (Å²) in [5.74, 6) is 0.970. The van der Waals surface area contributed by atoms with E-state index in [2.05, 4.69) is 29.1 Å². The average Bonchev–Trinajstić information content (AvgIpc) is 2.66. The molecule has 0 aliphatic carbocycles. The lowest BCUT2D eigenvalue weighted by Gasteiger charge is -2.11. The molecule has 0 radical (unpaired) electrons. The highest BCUT2D eigenvalue weighted by atomic mass is 35.5. The van der Waals surface area contributed by atoms with Crippen molar-refractivity contribution in [2.75, 3.05) is 0 Å². The fraction of sp³-hybridized carbons (Fsp3) is 0.889. The molecule has 0 spiro atoms. The molecule has 1 aliphatic heterocycles. The zero-order chi connectivity index (χ0) is 10.1. The number of rotatable bonds is 4. The predicted octanol–water partition coefficient (Wildman–Crippen LogP) is 2.59. The second-order valence-corrected chi connectivity index (χ2v) is 4.24. The van der Waals surface area contributed by atoms with Crippen LogP contribution in [0.1, 0.15) is 34.1 Å². The number of nitrogens with zero attached hydrogens (tertiary/aromatic N) is 3. The summed E-state index contributed by atoms with van der Waals surface area (Å²) in [6.45, 7) is 8.33. The Kier molecular flexibility index (Phi) is 4.52. The van der Waals surface area contributed by atoms with Crippen molar-refractivity contribution in [1.82, 2.24) is 0 Å². The molecule has 0 bridgehead atoms. The molecule has 0 aromatic carbocycles. The molecule has 0 fully saturated rings. The van der Waals surface area contributed by atoms with Crippen molar-refractivity contribution in [3.8, 4) is 0 Å². The summed E-state index contributed by atoms with van der Waals surface area (Å²) in [6, 6.07) is 0. The largest absolute Gasteiger partial charge is 0.387 e. The highest BCUT2D eigenvalue weighted by Crippen LogP contribution is 2.37. The number of nitrogens with two attached hydrogens (primary N) is 1. The van der Waals surface area contributed by atoms with E-state index in [1.807, 2.05) is 13.8 Å². The van der Waals surface area contributed by atoms with Gasteiger partial charge in [-0.15, -0.1) is 22.6 Å². The van der Waals surface area contributed by atoms with Crippen molar-refractivity contribution in [2.45, 2.75) is 39.9 Å². The van der Waals surface area contributed by atoms with E-state index in [1.165, 1.54) is 0 Å². The quantitative estimate of drug-likeness (QED) is 0.572. The van der Waals surface area contributed by atoms with Crippen molar-refractivity contribution in [3.63, 3.8) is 0 Å². The highest BCUT2D eigenvalue weighted by Gasteiger charge is 2.43. The van der Waals surface area contributed by atoms with Crippen LogP contribution in [-0.2, 0) is 0 Å². The van der Waals surface area contributed by atoms with E-state index >= 15 is 0 Å². The molecular formula is C9H19ClN4. The Labute approximate surface area is 91.5 Å². The first kappa shape index (κ1) is 13.4. The number of hydrogen-bond donors (Lipinski definition) is 1. The molecule has 1 rings (SSSR count). The van der Waals surface area contributed by atoms with Gasteiger partial charge in [0.05, 0.1) is 5.84 Å². The maximum absolute atomic E-state index is 5.77. The van der Waals surface area contributed by atoms with Crippen LogP contribution in [0.15, 0.2) is 15.2 Å². The van der Waals surface area contributed by atoms with Crippen LogP contribution >= 0.6 is 12.4 Å². The first-order valence-corrected chi connectivity index (χ1v) is 4.74. The Morgan fingerprint density at radius 1 is 1.29 bits per heavy atom. The van der Waals surface area contributed by atoms with Gasteiger partial charge in [0.15, 0.2) is 0 Å². The Morgan fingerprint density at radius 3 is 2.07 bits per heavy atom. The lowest BCUT2D eigenvalue weighted by molar-refractivity contribution is 0.449. The number of hydrogen-bond acceptors (Lipinski definition) is 3. The van der Waals surface area contributed by atoms with Crippen LogP contribution in [0.3, 0.4) is 0 Å². The molecule has 14 heavy (non-hydrogen) atoms. The fourth-order valence-corrected chi connectivity index (χ4v) is 1.13. The van der Waals surface area contributed by atoms with Crippen LogP contribution in [-0.4, -0.2) is 11.6 Å². The number of amidine groups is 1. The summed E-state index contributed by atoms with van der Waals surface area (Å²) in [7, 11) is 0. The standard InChI is InChI=1S/C9H18N4.ClH/c1-6(2)5-8(10)11-9(7(3)4)12-13-9;/h6-7H,5H2,1-4H3,(H2,10,11);1H. The van der Waals surface area contributed by atoms with Gasteiger partial charge in [-0.2, -0.15) is 0 Å². The third-order valence-electron chi connectivity index (χ3n) is 2.01. The zero-order valence-corrected chi connectivity index (χ0v) is 10.0. The van der Waals surface area contributed by atoms with Gasteiger partial charge in [0.1, 0.15) is 0 Å². The topological polar surface area (TPSA) is 63.1 Å². The minimum absolute atomic E-state index is 0. The van der Waals surface area contributed by atoms with Gasteiger partial charge in [-0.3, -0.25) is 0 Å². The van der Waals surface area contributed by atoms with Gasteiger partial charge in [0, 0.05) is 12.3 Å². The molecule has 5 heteroatoms. The van der Waals surface area contributed by atoms with E-state index in [4.69, 9.17) is 5.73 Å². The fourth-order valence-electron chi connectivity index (χ4n) is 1.13. The van der Waals surface area contributed by atoms with Crippen molar-refractivity contribution in [1.29, 1.82) is 0 Å². The van der Waals surface area contributed by atoms with E-state index in [0.717, 1.165) is 6.42 Å². The molecule has 4 nitrogen and oxygen atoms in total. The van der Waals surface area contributed by atoms with Crippen LogP contribution in [0, 0.1) is 11.8 Å². The molecule has 82 valence electrons. The van der Waals surface area contributed by atoms with Crippen LogP contribution in [0.4, 0.5) is 0 Å². The van der Waals surface area contributed by atoms with Crippen molar-refractivity contribution in [3.05, 3.63) is 0 Å². The molecule has 0 aromatic heterocycles. The smallest absolute Gasteiger partial charge is 0.285 e. The Hall–Kier alpha value is -0.640. The first-order valence-electron chi connectivity index (χ1n) is 4.74. The van der Waals surface area contributed by atoms with E-state index in [1.54, 1.807) is 0 Å². The Bertz CT molecular complexity index is 239. The lowest BCUT2D eigenvalue weighted by Crippen LogP contribution is -2.23. The molecule has 0 amide bonds. The van der Waals surface area contributed by atoms with Gasteiger partial charge in [0.25, 0.3) is 5.79 Å². The molecule has 1 heterocycles. The first-order chi connectivity index (χ1) is 5.96. The zero-order valence-electron chi connectivity index (χ0n) is 9.19. The number of aliphatic imine (C=N–C) groups is 1. The van der Waals surface area contributed by atoms with Crippen LogP contribution in [0.2, 0.25) is 0 Å². The summed E-state index contributed by atoms with van der Waals surface area (Å²) < 4.78 is 0. The van der Waals surface area contributed by atoms with Gasteiger partial charge in [-0.1, -0.05) is 27.7 Å². The summed E-state index contributed by atoms with van der Waals surface area (Å²) in [5, 5.41) is 7.88. The van der Waals surface area contributed by atoms with E-state index in [0.29, 0.717) is 17.7 Å². The Balaban J connectivity index is 0.00000169. The lowest BCUT2D eigenvalue weighted by atomic mass is 10.1. The van der Waals surface area contributed by atoms with Gasteiger partial charge in [-0.25, -0.2) is 4.99 Å². The van der Waals surface area contributed by atoms with E-state index < -0.39 is 5.79 Å². The van der Waals surface area contributed by atoms with Gasteiger partial charge in [-0.05, 0) is 5.92 Å². The Morgan fingerprint density at radius 2 is 1.79 bits per heavy atom. The van der Waals surface area contributed by atoms with Crippen LogP contribution < -0.4 is 5.73 Å². The minimum Gasteiger partial charge on any atom is -0.387 e. The molecule has 0 saturated heterocycles. The maximum Gasteiger partial charge on any atom is 0.285 e. The molecule has 0 saturated carbocycles. The molecule has 0 atom stereocenters. The highest BCUT2D eigenvalue weighted by molar-refractivity contribution is 5.85. The second-order valence-electron chi connectivity index (χ2n) is 4.24. The summed E-state index contributed by atoms with van der Waals surface area (Å²) in [4.78, 5) is 4.32. The SMILES string of the molecule is CC(C)C/C(N)=N/C1(C(C)C)N=N1.Cl. The third kappa shape index (κ3) is 3.25. The molecule has 0 aromatic rings. The van der Waals surface area contributed by atoms with E-state index in [9.17, 15) is 0 Å². The summed E-state index contributed by atoms with van der Waals surface area (Å²) in [6.07, 6.45) is 0.819. The van der Waals surface area contributed by atoms with Crippen molar-refractivity contribution < 1.29 is 0 Å². The normalized spacial score (nSPS) is 18.6. The third-order valence-corrected chi connectivity index (χ3v) is 2.01. The van der Waals surface area contributed by atoms with Gasteiger partial charge in [0.2, 0.25) is 0 Å². The summed E-state index contributed by atoms with van der Waals surface area (Å²) >= 11 is 0. The van der Waals surface area contributed by atoms with Gasteiger partial charge >= 0.3 is 0 Å². The molecular weight excluding hydrogens is 200 g/mol. The van der Waals surface area contributed by atoms with E-state index in [-0.39, 0.29) is 12.4 Å². The van der Waals surface area contributed by atoms with Crippen molar-refractivity contribution in [2.24, 2.45) is 32.8 Å². The predicted molar refractivity (Wildman–Crippen MR) is 60.8 cm³/mol. The molecule has 1 aliphatic rings. The monoisotopic (exact) mass is 218 g/mol. The molecule has 0 unspecified atom stereocenters. The molecule has 2 N–H and O–H groups in total. The van der Waals surface area contributed by atoms with Crippen LogP contribution in [0.25, 0.3) is 0 Å².